The SMILES string of the molecule is O=C(CCn1ccccc1=O)NCC(F)(F)F. The van der Waals surface area contributed by atoms with Crippen LogP contribution in [0.15, 0.2) is 29.2 Å². The van der Waals surface area contributed by atoms with Crippen LogP contribution in [0.2, 0.25) is 0 Å². The molecule has 0 saturated heterocycles. The van der Waals surface area contributed by atoms with Crippen LogP contribution in [-0.2, 0) is 11.3 Å². The fraction of sp³-hybridized carbons (Fsp3) is 0.400. The van der Waals surface area contributed by atoms with Gasteiger partial charge in [-0.1, -0.05) is 6.07 Å². The van der Waals surface area contributed by atoms with E-state index in [0.717, 1.165) is 0 Å². The van der Waals surface area contributed by atoms with Crippen molar-refractivity contribution in [2.24, 2.45) is 0 Å². The highest BCUT2D eigenvalue weighted by atomic mass is 19.4. The molecule has 1 aromatic rings. The lowest BCUT2D eigenvalue weighted by atomic mass is 10.3. The number of aromatic nitrogens is 1. The molecule has 0 saturated carbocycles. The van der Waals surface area contributed by atoms with Gasteiger partial charge < -0.3 is 9.88 Å². The predicted molar refractivity (Wildman–Crippen MR) is 54.4 cm³/mol. The first-order valence-electron chi connectivity index (χ1n) is 4.87. The fourth-order valence-electron chi connectivity index (χ4n) is 1.15. The number of aryl methyl sites for hydroxylation is 1. The standard InChI is InChI=1S/C10H11F3N2O2/c11-10(12,13)7-14-8(16)4-6-15-5-2-1-3-9(15)17/h1-3,5H,4,6-7H2,(H,14,16). The molecule has 1 heterocycles. The zero-order valence-corrected chi connectivity index (χ0v) is 8.83. The largest absolute Gasteiger partial charge is 0.405 e. The number of halogens is 3. The van der Waals surface area contributed by atoms with Gasteiger partial charge in [0.1, 0.15) is 6.54 Å². The average molecular weight is 248 g/mol. The van der Waals surface area contributed by atoms with Crippen molar-refractivity contribution in [1.82, 2.24) is 9.88 Å². The van der Waals surface area contributed by atoms with E-state index in [0.29, 0.717) is 0 Å². The molecule has 0 aliphatic carbocycles. The summed E-state index contributed by atoms with van der Waals surface area (Å²) in [5, 5.41) is 1.73. The van der Waals surface area contributed by atoms with Gasteiger partial charge in [0.15, 0.2) is 0 Å². The maximum absolute atomic E-state index is 11.8. The second-order valence-electron chi connectivity index (χ2n) is 3.37. The Bertz CT molecular complexity index is 440. The van der Waals surface area contributed by atoms with Gasteiger partial charge in [0, 0.05) is 25.2 Å². The van der Waals surface area contributed by atoms with Crippen LogP contribution in [-0.4, -0.2) is 23.2 Å². The Hall–Kier alpha value is -1.79. The van der Waals surface area contributed by atoms with Gasteiger partial charge >= 0.3 is 6.18 Å². The Kier molecular flexibility index (Phi) is 4.30. The normalized spacial score (nSPS) is 11.2. The second kappa shape index (κ2) is 5.51. The number of rotatable bonds is 4. The topological polar surface area (TPSA) is 51.1 Å². The lowest BCUT2D eigenvalue weighted by Gasteiger charge is -2.08. The number of alkyl halides is 3. The average Bonchev–Trinajstić information content (AvgIpc) is 2.24. The van der Waals surface area contributed by atoms with E-state index < -0.39 is 18.6 Å². The van der Waals surface area contributed by atoms with Crippen LogP contribution in [0.25, 0.3) is 0 Å². The van der Waals surface area contributed by atoms with Gasteiger partial charge in [0.25, 0.3) is 5.56 Å². The lowest BCUT2D eigenvalue weighted by molar-refractivity contribution is -0.138. The molecule has 1 N–H and O–H groups in total. The molecule has 0 aromatic carbocycles. The fourth-order valence-corrected chi connectivity index (χ4v) is 1.15. The van der Waals surface area contributed by atoms with Crippen LogP contribution < -0.4 is 10.9 Å². The van der Waals surface area contributed by atoms with Crippen molar-refractivity contribution >= 4 is 5.91 Å². The van der Waals surface area contributed by atoms with Crippen molar-refractivity contribution in [3.05, 3.63) is 34.7 Å². The monoisotopic (exact) mass is 248 g/mol. The molecule has 0 fully saturated rings. The minimum Gasteiger partial charge on any atom is -0.347 e. The molecule has 0 radical (unpaired) electrons. The number of nitrogens with zero attached hydrogens (tertiary/aromatic N) is 1. The molecule has 0 aliphatic rings. The molecule has 94 valence electrons. The van der Waals surface area contributed by atoms with Gasteiger partial charge in [0.05, 0.1) is 0 Å². The summed E-state index contributed by atoms with van der Waals surface area (Å²) in [6.07, 6.45) is -3.11. The smallest absolute Gasteiger partial charge is 0.347 e. The number of carbonyl (C=O) groups excluding carboxylic acids is 1. The first-order valence-corrected chi connectivity index (χ1v) is 4.87. The van der Waals surface area contributed by atoms with Gasteiger partial charge in [0.2, 0.25) is 5.91 Å². The maximum Gasteiger partial charge on any atom is 0.405 e. The van der Waals surface area contributed by atoms with Crippen LogP contribution >= 0.6 is 0 Å². The number of hydrogen-bond donors (Lipinski definition) is 1. The highest BCUT2D eigenvalue weighted by Crippen LogP contribution is 2.12. The van der Waals surface area contributed by atoms with Crippen LogP contribution in [0, 0.1) is 0 Å². The Morgan fingerprint density at radius 2 is 2.06 bits per heavy atom. The number of pyridine rings is 1. The van der Waals surface area contributed by atoms with Gasteiger partial charge in [-0.2, -0.15) is 13.2 Å². The number of carbonyl (C=O) groups is 1. The molecule has 1 amide bonds. The Morgan fingerprint density at radius 3 is 2.65 bits per heavy atom. The summed E-state index contributed by atoms with van der Waals surface area (Å²) in [7, 11) is 0. The van der Waals surface area contributed by atoms with Crippen molar-refractivity contribution in [2.75, 3.05) is 6.54 Å². The molecule has 7 heteroatoms. The van der Waals surface area contributed by atoms with E-state index in [1.165, 1.54) is 16.8 Å². The summed E-state index contributed by atoms with van der Waals surface area (Å²) >= 11 is 0. The highest BCUT2D eigenvalue weighted by molar-refractivity contribution is 5.75. The second-order valence-corrected chi connectivity index (χ2v) is 3.37. The maximum atomic E-state index is 11.8. The third-order valence-corrected chi connectivity index (χ3v) is 1.96. The van der Waals surface area contributed by atoms with Gasteiger partial charge in [-0.05, 0) is 6.07 Å². The first-order chi connectivity index (χ1) is 7.88. The first kappa shape index (κ1) is 13.3. The summed E-state index contributed by atoms with van der Waals surface area (Å²) in [6, 6.07) is 4.46. The summed E-state index contributed by atoms with van der Waals surface area (Å²) in [6.45, 7) is -1.29. The van der Waals surface area contributed by atoms with Crippen LogP contribution in [0.5, 0.6) is 0 Å². The van der Waals surface area contributed by atoms with Crippen molar-refractivity contribution in [1.29, 1.82) is 0 Å². The molecule has 0 spiro atoms. The van der Waals surface area contributed by atoms with Crippen molar-refractivity contribution in [3.8, 4) is 0 Å². The minimum atomic E-state index is -4.42. The molecule has 0 aliphatic heterocycles. The van der Waals surface area contributed by atoms with E-state index in [-0.39, 0.29) is 18.5 Å². The Morgan fingerprint density at radius 1 is 1.35 bits per heavy atom. The van der Waals surface area contributed by atoms with Crippen molar-refractivity contribution in [2.45, 2.75) is 19.1 Å². The van der Waals surface area contributed by atoms with Crippen molar-refractivity contribution < 1.29 is 18.0 Å². The molecule has 0 atom stereocenters. The number of nitrogens with one attached hydrogen (secondary N) is 1. The van der Waals surface area contributed by atoms with E-state index >= 15 is 0 Å². The Labute approximate surface area is 95.1 Å². The van der Waals surface area contributed by atoms with E-state index in [1.54, 1.807) is 17.4 Å². The zero-order chi connectivity index (χ0) is 12.9. The van der Waals surface area contributed by atoms with E-state index in [4.69, 9.17) is 0 Å². The molecule has 17 heavy (non-hydrogen) atoms. The lowest BCUT2D eigenvalue weighted by Crippen LogP contribution is -2.34. The summed E-state index contributed by atoms with van der Waals surface area (Å²) in [4.78, 5) is 22.2. The van der Waals surface area contributed by atoms with Crippen molar-refractivity contribution in [3.63, 3.8) is 0 Å². The summed E-state index contributed by atoms with van der Waals surface area (Å²) in [5.74, 6) is -0.738. The summed E-state index contributed by atoms with van der Waals surface area (Å²) in [5.41, 5.74) is -0.295. The van der Waals surface area contributed by atoms with Gasteiger partial charge in [-0.25, -0.2) is 0 Å². The molecular formula is C10H11F3N2O2. The van der Waals surface area contributed by atoms with E-state index in [2.05, 4.69) is 0 Å². The Balaban J connectivity index is 2.39. The van der Waals surface area contributed by atoms with Gasteiger partial charge in [-0.15, -0.1) is 0 Å². The quantitative estimate of drug-likeness (QED) is 0.861. The molecule has 0 unspecified atom stereocenters. The molecule has 4 nitrogen and oxygen atoms in total. The van der Waals surface area contributed by atoms with Crippen LogP contribution in [0.3, 0.4) is 0 Å². The van der Waals surface area contributed by atoms with Gasteiger partial charge in [-0.3, -0.25) is 9.59 Å². The highest BCUT2D eigenvalue weighted by Gasteiger charge is 2.27. The summed E-state index contributed by atoms with van der Waals surface area (Å²) < 4.78 is 36.6. The molecule has 1 rings (SSSR count). The molecular weight excluding hydrogens is 237 g/mol. The van der Waals surface area contributed by atoms with Crippen LogP contribution in [0.4, 0.5) is 13.2 Å². The van der Waals surface area contributed by atoms with E-state index in [9.17, 15) is 22.8 Å². The minimum absolute atomic E-state index is 0.0589. The van der Waals surface area contributed by atoms with Crippen LogP contribution in [0.1, 0.15) is 6.42 Å². The zero-order valence-electron chi connectivity index (χ0n) is 8.83. The predicted octanol–water partition coefficient (Wildman–Crippen LogP) is 0.917. The number of amides is 1. The third-order valence-electron chi connectivity index (χ3n) is 1.96. The number of hydrogen-bond acceptors (Lipinski definition) is 2. The molecule has 0 bridgehead atoms. The third kappa shape index (κ3) is 5.19. The molecule has 1 aromatic heterocycles. The van der Waals surface area contributed by atoms with E-state index in [1.807, 2.05) is 0 Å².